The normalized spacial score (nSPS) is 18.3. The fourth-order valence-electron chi connectivity index (χ4n) is 3.98. The third-order valence-electron chi connectivity index (χ3n) is 5.53. The van der Waals surface area contributed by atoms with Gasteiger partial charge in [0.25, 0.3) is 0 Å². The fourth-order valence-corrected chi connectivity index (χ4v) is 3.98. The van der Waals surface area contributed by atoms with Gasteiger partial charge in [-0.25, -0.2) is 0 Å². The third-order valence-corrected chi connectivity index (χ3v) is 5.53. The van der Waals surface area contributed by atoms with E-state index in [4.69, 9.17) is 4.74 Å². The molecule has 1 N–H and O–H groups in total. The van der Waals surface area contributed by atoms with Crippen molar-refractivity contribution >= 4 is 17.5 Å². The van der Waals surface area contributed by atoms with E-state index in [-0.39, 0.29) is 24.3 Å². The number of para-hydroxylation sites is 2. The molecule has 0 atom stereocenters. The molecule has 1 aliphatic carbocycles. The Morgan fingerprint density at radius 3 is 2.48 bits per heavy atom. The summed E-state index contributed by atoms with van der Waals surface area (Å²) < 4.78 is 5.72. The van der Waals surface area contributed by atoms with Gasteiger partial charge in [-0.3, -0.25) is 9.59 Å². The number of ether oxygens (including phenoxy) is 1. The highest BCUT2D eigenvalue weighted by Gasteiger charge is 2.25. The number of anilines is 1. The van der Waals surface area contributed by atoms with Crippen LogP contribution in [0.5, 0.6) is 5.75 Å². The van der Waals surface area contributed by atoms with Crippen LogP contribution in [0.25, 0.3) is 0 Å². The van der Waals surface area contributed by atoms with E-state index in [9.17, 15) is 9.59 Å². The van der Waals surface area contributed by atoms with Gasteiger partial charge in [-0.05, 0) is 31.9 Å². The van der Waals surface area contributed by atoms with Crippen molar-refractivity contribution in [2.24, 2.45) is 5.92 Å². The van der Waals surface area contributed by atoms with E-state index in [0.717, 1.165) is 50.2 Å². The quantitative estimate of drug-likeness (QED) is 0.832. The number of hydrogen-bond donors (Lipinski definition) is 1. The van der Waals surface area contributed by atoms with E-state index >= 15 is 0 Å². The topological polar surface area (TPSA) is 61.9 Å². The fraction of sp³-hybridized carbons (Fsp3) is 0.619. The Labute approximate surface area is 161 Å². The molecule has 2 aliphatic rings. The van der Waals surface area contributed by atoms with Crippen LogP contribution in [0.2, 0.25) is 0 Å². The SMILES string of the molecule is CCOc1ccccc1N1CCN(C(=O)CNC(=O)C2CCCCC2)CC1. The smallest absolute Gasteiger partial charge is 0.242 e. The molecule has 1 aliphatic heterocycles. The van der Waals surface area contributed by atoms with Crippen LogP contribution in [0.4, 0.5) is 5.69 Å². The zero-order valence-electron chi connectivity index (χ0n) is 16.3. The molecule has 148 valence electrons. The van der Waals surface area contributed by atoms with Crippen LogP contribution in [-0.4, -0.2) is 56.0 Å². The van der Waals surface area contributed by atoms with Crippen LogP contribution in [0, 0.1) is 5.92 Å². The number of carbonyl (C=O) groups is 2. The largest absolute Gasteiger partial charge is 0.492 e. The second kappa shape index (κ2) is 9.62. The highest BCUT2D eigenvalue weighted by molar-refractivity contribution is 5.86. The van der Waals surface area contributed by atoms with E-state index in [0.29, 0.717) is 19.7 Å². The van der Waals surface area contributed by atoms with E-state index in [1.807, 2.05) is 30.0 Å². The second-order valence-corrected chi connectivity index (χ2v) is 7.32. The molecule has 2 amide bonds. The molecule has 27 heavy (non-hydrogen) atoms. The van der Waals surface area contributed by atoms with Crippen LogP contribution >= 0.6 is 0 Å². The standard InChI is InChI=1S/C21H31N3O3/c1-2-27-19-11-7-6-10-18(19)23-12-14-24(15-13-23)20(25)16-22-21(26)17-8-4-3-5-9-17/h6-7,10-11,17H,2-5,8-9,12-16H2,1H3,(H,22,26). The van der Waals surface area contributed by atoms with E-state index in [1.54, 1.807) is 0 Å². The minimum atomic E-state index is 0.0110. The summed E-state index contributed by atoms with van der Waals surface area (Å²) >= 11 is 0. The lowest BCUT2D eigenvalue weighted by Gasteiger charge is -2.36. The first kappa shape index (κ1) is 19.5. The molecule has 1 aromatic carbocycles. The van der Waals surface area contributed by atoms with Gasteiger partial charge < -0.3 is 19.9 Å². The second-order valence-electron chi connectivity index (χ2n) is 7.32. The molecule has 0 bridgehead atoms. The minimum Gasteiger partial charge on any atom is -0.492 e. The molecule has 0 radical (unpaired) electrons. The zero-order valence-corrected chi connectivity index (χ0v) is 16.3. The van der Waals surface area contributed by atoms with Crippen molar-refractivity contribution in [3.05, 3.63) is 24.3 Å². The molecule has 6 heteroatoms. The molecule has 0 unspecified atom stereocenters. The number of amides is 2. The minimum absolute atomic E-state index is 0.0110. The van der Waals surface area contributed by atoms with E-state index < -0.39 is 0 Å². The predicted octanol–water partition coefficient (Wildman–Crippen LogP) is 2.43. The molecule has 3 rings (SSSR count). The van der Waals surface area contributed by atoms with Gasteiger partial charge in [0.1, 0.15) is 5.75 Å². The van der Waals surface area contributed by atoms with Crippen molar-refractivity contribution in [3.8, 4) is 5.75 Å². The maximum Gasteiger partial charge on any atom is 0.242 e. The Kier molecular flexibility index (Phi) is 6.96. The summed E-state index contributed by atoms with van der Waals surface area (Å²) in [7, 11) is 0. The van der Waals surface area contributed by atoms with Gasteiger partial charge >= 0.3 is 0 Å². The van der Waals surface area contributed by atoms with Crippen molar-refractivity contribution in [1.82, 2.24) is 10.2 Å². The molecule has 1 heterocycles. The van der Waals surface area contributed by atoms with Crippen LogP contribution in [0.3, 0.4) is 0 Å². The molecular formula is C21H31N3O3. The van der Waals surface area contributed by atoms with Crippen molar-refractivity contribution < 1.29 is 14.3 Å². The van der Waals surface area contributed by atoms with Gasteiger partial charge in [-0.1, -0.05) is 31.4 Å². The predicted molar refractivity (Wildman–Crippen MR) is 106 cm³/mol. The molecule has 0 spiro atoms. The zero-order chi connectivity index (χ0) is 19.1. The average molecular weight is 373 g/mol. The van der Waals surface area contributed by atoms with Gasteiger partial charge in [0.2, 0.25) is 11.8 Å². The lowest BCUT2D eigenvalue weighted by Crippen LogP contribution is -2.51. The summed E-state index contributed by atoms with van der Waals surface area (Å²) in [6.45, 7) is 5.60. The maximum atomic E-state index is 12.5. The molecule has 1 saturated heterocycles. The summed E-state index contributed by atoms with van der Waals surface area (Å²) in [5.74, 6) is 1.04. The molecule has 0 aromatic heterocycles. The van der Waals surface area contributed by atoms with Crippen LogP contribution in [0.15, 0.2) is 24.3 Å². The summed E-state index contributed by atoms with van der Waals surface area (Å²) in [6.07, 6.45) is 5.38. The first-order chi connectivity index (χ1) is 13.2. The van der Waals surface area contributed by atoms with Gasteiger partial charge in [0, 0.05) is 32.1 Å². The van der Waals surface area contributed by atoms with E-state index in [2.05, 4.69) is 16.3 Å². The summed E-state index contributed by atoms with van der Waals surface area (Å²) in [5, 5.41) is 2.85. The van der Waals surface area contributed by atoms with E-state index in [1.165, 1.54) is 6.42 Å². The first-order valence-electron chi connectivity index (χ1n) is 10.2. The lowest BCUT2D eigenvalue weighted by molar-refractivity contribution is -0.134. The molecule has 2 fully saturated rings. The Balaban J connectivity index is 1.46. The van der Waals surface area contributed by atoms with Crippen LogP contribution in [0.1, 0.15) is 39.0 Å². The summed E-state index contributed by atoms with van der Waals surface area (Å²) in [4.78, 5) is 28.8. The highest BCUT2D eigenvalue weighted by Crippen LogP contribution is 2.28. The first-order valence-corrected chi connectivity index (χ1v) is 10.2. The van der Waals surface area contributed by atoms with Gasteiger partial charge in [-0.2, -0.15) is 0 Å². The van der Waals surface area contributed by atoms with Crippen molar-refractivity contribution in [2.75, 3.05) is 44.2 Å². The molecular weight excluding hydrogens is 342 g/mol. The van der Waals surface area contributed by atoms with Gasteiger partial charge in [0.05, 0.1) is 18.8 Å². The number of benzene rings is 1. The molecule has 1 saturated carbocycles. The number of nitrogens with one attached hydrogen (secondary N) is 1. The summed E-state index contributed by atoms with van der Waals surface area (Å²) in [6, 6.07) is 8.03. The van der Waals surface area contributed by atoms with Crippen molar-refractivity contribution in [1.29, 1.82) is 0 Å². The number of piperazine rings is 1. The number of carbonyl (C=O) groups excluding carboxylic acids is 2. The van der Waals surface area contributed by atoms with Gasteiger partial charge in [0.15, 0.2) is 0 Å². The Morgan fingerprint density at radius 1 is 1.07 bits per heavy atom. The van der Waals surface area contributed by atoms with Gasteiger partial charge in [-0.15, -0.1) is 0 Å². The number of hydrogen-bond acceptors (Lipinski definition) is 4. The number of rotatable bonds is 6. The monoisotopic (exact) mass is 373 g/mol. The third kappa shape index (κ3) is 5.15. The van der Waals surface area contributed by atoms with Crippen LogP contribution < -0.4 is 15.0 Å². The Morgan fingerprint density at radius 2 is 1.78 bits per heavy atom. The highest BCUT2D eigenvalue weighted by atomic mass is 16.5. The van der Waals surface area contributed by atoms with Crippen molar-refractivity contribution in [3.63, 3.8) is 0 Å². The maximum absolute atomic E-state index is 12.5. The molecule has 1 aromatic rings. The molecule has 6 nitrogen and oxygen atoms in total. The Hall–Kier alpha value is -2.24. The van der Waals surface area contributed by atoms with Crippen molar-refractivity contribution in [2.45, 2.75) is 39.0 Å². The lowest BCUT2D eigenvalue weighted by atomic mass is 9.89. The summed E-state index contributed by atoms with van der Waals surface area (Å²) in [5.41, 5.74) is 1.08. The average Bonchev–Trinajstić information content (AvgIpc) is 2.73. The number of nitrogens with zero attached hydrogens (tertiary/aromatic N) is 2. The Bertz CT molecular complexity index is 635. The van der Waals surface area contributed by atoms with Crippen LogP contribution in [-0.2, 0) is 9.59 Å².